The normalized spacial score (nSPS) is 19.0. The smallest absolute Gasteiger partial charge is 0.676 e. The zero-order valence-electron chi connectivity index (χ0n) is 11.7. The molecule has 2 rings (SSSR count). The first kappa shape index (κ1) is 21.2. The third kappa shape index (κ3) is 6.05. The van der Waals surface area contributed by atoms with E-state index in [0.717, 1.165) is 31.4 Å². The molecule has 0 bridgehead atoms. The number of carboxylic acid groups (broad SMARTS) is 2. The molecule has 126 valence electrons. The largest absolute Gasteiger partial charge is 4.00 e. The third-order valence-electron chi connectivity index (χ3n) is 3.17. The fraction of sp³-hybridized carbons (Fsp3) is 0.385. The van der Waals surface area contributed by atoms with Crippen LogP contribution < -0.4 is 10.2 Å². The summed E-state index contributed by atoms with van der Waals surface area (Å²) in [5.74, 6) is -3.54. The van der Waals surface area contributed by atoms with Gasteiger partial charge in [-0.15, -0.1) is 0 Å². The Morgan fingerprint density at radius 3 is 1.83 bits per heavy atom. The molecular weight excluding hydrogens is 489 g/mol. The molecule has 9 nitrogen and oxygen atoms in total. The predicted octanol–water partition coefficient (Wildman–Crippen LogP) is 0.331. The second-order valence-electron chi connectivity index (χ2n) is 4.71. The van der Waals surface area contributed by atoms with Gasteiger partial charge < -0.3 is 31.3 Å². The van der Waals surface area contributed by atoms with Crippen LogP contribution in [0.3, 0.4) is 0 Å². The van der Waals surface area contributed by atoms with Gasteiger partial charge in [0.15, 0.2) is 0 Å². The van der Waals surface area contributed by atoms with E-state index in [1.807, 2.05) is 0 Å². The molecule has 2 N–H and O–H groups in total. The summed E-state index contributed by atoms with van der Waals surface area (Å²) < 4.78 is 0. The van der Waals surface area contributed by atoms with Gasteiger partial charge in [-0.25, -0.2) is 0 Å². The number of carbonyl (C=O) groups is 2. The molecule has 1 aromatic rings. The van der Waals surface area contributed by atoms with E-state index in [9.17, 15) is 29.9 Å². The van der Waals surface area contributed by atoms with Crippen molar-refractivity contribution >= 4 is 17.6 Å². The van der Waals surface area contributed by atoms with Crippen molar-refractivity contribution in [3.05, 3.63) is 50.9 Å². The van der Waals surface area contributed by atoms with Crippen molar-refractivity contribution in [2.45, 2.75) is 31.3 Å². The molecule has 0 saturated heterocycles. The van der Waals surface area contributed by atoms with E-state index in [2.05, 4.69) is 0 Å². The third-order valence-corrected chi connectivity index (χ3v) is 3.17. The second kappa shape index (κ2) is 9.34. The number of carbonyl (C=O) groups excluding carboxylic acids is 2. The van der Waals surface area contributed by atoms with Crippen molar-refractivity contribution in [3.8, 4) is 0 Å². The van der Waals surface area contributed by atoms with Crippen molar-refractivity contribution in [1.29, 1.82) is 0 Å². The van der Waals surface area contributed by atoms with E-state index >= 15 is 0 Å². The van der Waals surface area contributed by atoms with Gasteiger partial charge in [-0.2, -0.15) is 12.1 Å². The molecular formula is C13H13N3O6Pt. The van der Waals surface area contributed by atoms with Crippen LogP contribution in [-0.2, 0) is 21.1 Å². The number of hydrogen-bond acceptors (Lipinski definition) is 6. The summed E-state index contributed by atoms with van der Waals surface area (Å²) in [6, 6.07) is 2.14. The molecule has 0 amide bonds. The fourth-order valence-electron chi connectivity index (χ4n) is 1.95. The van der Waals surface area contributed by atoms with Gasteiger partial charge >= 0.3 is 21.1 Å². The quantitative estimate of drug-likeness (QED) is 0.426. The average molecular weight is 502 g/mol. The Morgan fingerprint density at radius 2 is 1.52 bits per heavy atom. The van der Waals surface area contributed by atoms with Crippen LogP contribution >= 0.6 is 0 Å². The summed E-state index contributed by atoms with van der Waals surface area (Å²) in [6.45, 7) is 0. The van der Waals surface area contributed by atoms with E-state index in [0.29, 0.717) is 6.07 Å². The van der Waals surface area contributed by atoms with Gasteiger partial charge in [0.2, 0.25) is 0 Å². The first-order valence-corrected chi connectivity index (χ1v) is 6.37. The fourth-order valence-corrected chi connectivity index (χ4v) is 1.95. The summed E-state index contributed by atoms with van der Waals surface area (Å²) in [4.78, 5) is 30.4. The minimum Gasteiger partial charge on any atom is -0.676 e. The van der Waals surface area contributed by atoms with Gasteiger partial charge in [0.25, 0.3) is 5.69 Å². The molecule has 0 heterocycles. The zero-order valence-corrected chi connectivity index (χ0v) is 14.0. The minimum absolute atomic E-state index is 0. The van der Waals surface area contributed by atoms with Crippen molar-refractivity contribution in [1.82, 2.24) is 0 Å². The van der Waals surface area contributed by atoms with E-state index < -0.39 is 33.7 Å². The Balaban J connectivity index is 0.000000509. The molecule has 23 heavy (non-hydrogen) atoms. The maximum Gasteiger partial charge on any atom is 4.00 e. The van der Waals surface area contributed by atoms with Crippen molar-refractivity contribution in [2.24, 2.45) is 0 Å². The van der Waals surface area contributed by atoms with Gasteiger partial charge in [-0.1, -0.05) is 19.3 Å². The van der Waals surface area contributed by atoms with Crippen LogP contribution in [0.4, 0.5) is 5.69 Å². The summed E-state index contributed by atoms with van der Waals surface area (Å²) >= 11 is 0. The molecule has 1 saturated carbocycles. The Morgan fingerprint density at radius 1 is 1.04 bits per heavy atom. The maximum atomic E-state index is 10.5. The Kier molecular flexibility index (Phi) is 8.60. The topological polar surface area (TPSA) is 171 Å². The summed E-state index contributed by atoms with van der Waals surface area (Å²) in [5.41, 5.74) is 12.3. The molecule has 2 atom stereocenters. The molecule has 2 unspecified atom stereocenters. The number of rotatable bonds is 3. The molecule has 10 heteroatoms. The van der Waals surface area contributed by atoms with Crippen LogP contribution in [0, 0.1) is 10.1 Å². The monoisotopic (exact) mass is 502 g/mol. The minimum atomic E-state index is -1.81. The molecule has 1 fully saturated rings. The molecule has 0 aliphatic heterocycles. The number of nitro groups is 1. The van der Waals surface area contributed by atoms with Crippen molar-refractivity contribution in [2.75, 3.05) is 0 Å². The van der Waals surface area contributed by atoms with Crippen LogP contribution in [-0.4, -0.2) is 28.9 Å². The molecule has 1 aliphatic carbocycles. The van der Waals surface area contributed by atoms with Gasteiger partial charge in [-0.3, -0.25) is 10.1 Å². The van der Waals surface area contributed by atoms with Gasteiger partial charge in [-0.05, 0) is 6.07 Å². The summed E-state index contributed by atoms with van der Waals surface area (Å²) in [6.07, 6.45) is 3.00. The summed E-state index contributed by atoms with van der Waals surface area (Å²) in [7, 11) is 0. The summed E-state index contributed by atoms with van der Waals surface area (Å²) in [5, 5.41) is 31.2. The molecule has 0 radical (unpaired) electrons. The van der Waals surface area contributed by atoms with Gasteiger partial charge in [0.05, 0.1) is 16.9 Å². The average Bonchev–Trinajstić information content (AvgIpc) is 2.82. The number of nitrogens with one attached hydrogen (secondary N) is 2. The number of carboxylic acids is 2. The van der Waals surface area contributed by atoms with Gasteiger partial charge in [0, 0.05) is 23.3 Å². The van der Waals surface area contributed by atoms with Crippen LogP contribution in [0.5, 0.6) is 0 Å². The van der Waals surface area contributed by atoms with Gasteiger partial charge in [0.1, 0.15) is 0 Å². The predicted molar refractivity (Wildman–Crippen MR) is 71.8 cm³/mol. The van der Waals surface area contributed by atoms with Crippen LogP contribution in [0.1, 0.15) is 40.0 Å². The van der Waals surface area contributed by atoms with Crippen molar-refractivity contribution < 1.29 is 45.8 Å². The first-order chi connectivity index (χ1) is 10.2. The molecule has 0 spiro atoms. The Labute approximate surface area is 146 Å². The zero-order chi connectivity index (χ0) is 16.9. The number of aromatic carboxylic acids is 2. The maximum absolute atomic E-state index is 10.5. The van der Waals surface area contributed by atoms with E-state index in [1.54, 1.807) is 0 Å². The van der Waals surface area contributed by atoms with E-state index in [4.69, 9.17) is 11.5 Å². The second-order valence-corrected chi connectivity index (χ2v) is 4.71. The number of hydrogen-bond donors (Lipinski definition) is 0. The standard InChI is InChI=1S/C8H5NO6.C5H10N2.Pt/c10-7(11)5-2-1-4(9(14)15)3-6(5)8(12)13;6-4-2-1-3-5(4)7;/h1-3H,(H,10,11)(H,12,13);4-7H,1-3H2;/q;-2;+4/p-2. The SMILES string of the molecule is O=C([O-])c1ccc([N+](=O)[O-])cc1C(=O)[O-].[NH-]C1CCCC1[NH-].[Pt+4]. The molecule has 0 aromatic heterocycles. The first-order valence-electron chi connectivity index (χ1n) is 6.37. The number of benzene rings is 1. The Hall–Kier alpha value is -1.83. The number of non-ortho nitro benzene ring substituents is 1. The van der Waals surface area contributed by atoms with Crippen molar-refractivity contribution in [3.63, 3.8) is 0 Å². The molecule has 1 aliphatic rings. The van der Waals surface area contributed by atoms with E-state index in [1.165, 1.54) is 0 Å². The van der Waals surface area contributed by atoms with Crippen LogP contribution in [0.15, 0.2) is 18.2 Å². The molecule has 1 aromatic carbocycles. The van der Waals surface area contributed by atoms with E-state index in [-0.39, 0.29) is 33.1 Å². The van der Waals surface area contributed by atoms with Crippen LogP contribution in [0.25, 0.3) is 11.5 Å². The number of nitrogens with zero attached hydrogens (tertiary/aromatic N) is 1. The Bertz CT molecular complexity index is 587. The number of nitro benzene ring substituents is 1. The van der Waals surface area contributed by atoms with Crippen LogP contribution in [0.2, 0.25) is 0 Å².